The predicted molar refractivity (Wildman–Crippen MR) is 83.9 cm³/mol. The molecule has 110 valence electrons. The van der Waals surface area contributed by atoms with Crippen molar-refractivity contribution in [3.63, 3.8) is 0 Å². The van der Waals surface area contributed by atoms with Crippen LogP contribution in [0.5, 0.6) is 0 Å². The van der Waals surface area contributed by atoms with E-state index in [-0.39, 0.29) is 11.7 Å². The van der Waals surface area contributed by atoms with Gasteiger partial charge in [0.2, 0.25) is 0 Å². The van der Waals surface area contributed by atoms with E-state index >= 15 is 0 Å². The Hall–Kier alpha value is -2.36. The predicted octanol–water partition coefficient (Wildman–Crippen LogP) is 3.59. The molecule has 0 spiro atoms. The number of Topliss-reactive ketones (excluding diaryl/α,β-unsaturated/α-hetero) is 1. The Morgan fingerprint density at radius 2 is 1.57 bits per heavy atom. The molecule has 1 aromatic heterocycles. The smallest absolute Gasteiger partial charge is 0.272 e. The lowest BCUT2D eigenvalue weighted by Crippen LogP contribution is -2.15. The largest absolute Gasteiger partial charge is 0.348 e. The first kappa shape index (κ1) is 15.0. The second-order valence-corrected chi connectivity index (χ2v) is 4.95. The van der Waals surface area contributed by atoms with Gasteiger partial charge in [0.15, 0.2) is 5.78 Å². The third-order valence-electron chi connectivity index (χ3n) is 3.55. The number of aromatic nitrogens is 1. The maximum Gasteiger partial charge on any atom is 0.272 e. The number of anilines is 1. The number of ketones is 1. The zero-order chi connectivity index (χ0) is 15.4. The Bertz CT molecular complexity index is 649. The van der Waals surface area contributed by atoms with Crippen LogP contribution in [0, 0.1) is 0 Å². The first-order chi connectivity index (χ1) is 10.1. The molecule has 1 heterocycles. The normalized spacial score (nSPS) is 10.4. The highest BCUT2D eigenvalue weighted by molar-refractivity contribution is 6.05. The second-order valence-electron chi connectivity index (χ2n) is 4.95. The van der Waals surface area contributed by atoms with Crippen molar-refractivity contribution < 1.29 is 9.59 Å². The molecular formula is C17H20N2O2. The van der Waals surface area contributed by atoms with Crippen molar-refractivity contribution in [1.29, 1.82) is 0 Å². The van der Waals surface area contributed by atoms with Crippen LogP contribution in [0.3, 0.4) is 0 Å². The number of amides is 1. The Balaban J connectivity index is 2.28. The van der Waals surface area contributed by atoms with Gasteiger partial charge >= 0.3 is 0 Å². The lowest BCUT2D eigenvalue weighted by atomic mass is 10.0. The molecule has 4 nitrogen and oxygen atoms in total. The molecule has 1 amide bonds. The summed E-state index contributed by atoms with van der Waals surface area (Å²) in [5.74, 6) is -0.310. The number of nitrogens with one attached hydrogen (secondary N) is 2. The zero-order valence-corrected chi connectivity index (χ0v) is 12.6. The molecule has 2 aromatic rings. The number of carbonyl (C=O) groups excluding carboxylic acids is 2. The fourth-order valence-electron chi connectivity index (χ4n) is 2.32. The Labute approximate surface area is 124 Å². The van der Waals surface area contributed by atoms with Gasteiger partial charge < -0.3 is 10.3 Å². The summed E-state index contributed by atoms with van der Waals surface area (Å²) in [6, 6.07) is 9.31. The molecule has 1 aromatic carbocycles. The van der Waals surface area contributed by atoms with Crippen molar-refractivity contribution in [2.45, 2.75) is 33.6 Å². The second kappa shape index (κ2) is 6.39. The van der Waals surface area contributed by atoms with Gasteiger partial charge in [0.05, 0.1) is 5.69 Å². The van der Waals surface area contributed by atoms with Gasteiger partial charge in [-0.3, -0.25) is 9.59 Å². The average molecular weight is 284 g/mol. The fraction of sp³-hybridized carbons (Fsp3) is 0.294. The summed E-state index contributed by atoms with van der Waals surface area (Å²) in [6.07, 6.45) is 1.71. The van der Waals surface area contributed by atoms with E-state index in [9.17, 15) is 9.59 Å². The van der Waals surface area contributed by atoms with Crippen molar-refractivity contribution in [3.8, 4) is 0 Å². The maximum atomic E-state index is 12.3. The first-order valence-corrected chi connectivity index (χ1v) is 7.18. The fourth-order valence-corrected chi connectivity index (χ4v) is 2.32. The molecule has 2 N–H and O–H groups in total. The van der Waals surface area contributed by atoms with Crippen LogP contribution in [-0.2, 0) is 12.8 Å². The number of rotatable bonds is 5. The third-order valence-corrected chi connectivity index (χ3v) is 3.55. The molecule has 0 atom stereocenters. The monoisotopic (exact) mass is 284 g/mol. The molecule has 0 aliphatic carbocycles. The minimum Gasteiger partial charge on any atom is -0.348 e. The Morgan fingerprint density at radius 1 is 1.00 bits per heavy atom. The van der Waals surface area contributed by atoms with E-state index in [1.165, 1.54) is 6.92 Å². The molecule has 0 saturated heterocycles. The minimum absolute atomic E-state index is 0.0859. The number of carbonyl (C=O) groups is 2. The van der Waals surface area contributed by atoms with E-state index in [4.69, 9.17) is 0 Å². The van der Waals surface area contributed by atoms with Crippen LogP contribution >= 0.6 is 0 Å². The van der Waals surface area contributed by atoms with Gasteiger partial charge in [0, 0.05) is 12.6 Å². The Morgan fingerprint density at radius 3 is 2.05 bits per heavy atom. The van der Waals surface area contributed by atoms with Gasteiger partial charge in [-0.25, -0.2) is 0 Å². The topological polar surface area (TPSA) is 62.0 Å². The quantitative estimate of drug-likeness (QED) is 0.824. The summed E-state index contributed by atoms with van der Waals surface area (Å²) in [5.41, 5.74) is 3.95. The molecule has 0 aliphatic heterocycles. The summed E-state index contributed by atoms with van der Waals surface area (Å²) >= 11 is 0. The van der Waals surface area contributed by atoms with Crippen molar-refractivity contribution >= 4 is 17.4 Å². The third kappa shape index (κ3) is 3.21. The van der Waals surface area contributed by atoms with Gasteiger partial charge in [-0.15, -0.1) is 0 Å². The highest BCUT2D eigenvalue weighted by Crippen LogP contribution is 2.23. The van der Waals surface area contributed by atoms with Crippen LogP contribution in [0.2, 0.25) is 0 Å². The molecule has 0 saturated carbocycles. The molecule has 0 radical (unpaired) electrons. The summed E-state index contributed by atoms with van der Waals surface area (Å²) < 4.78 is 0. The Kier molecular flexibility index (Phi) is 4.58. The van der Waals surface area contributed by atoms with Crippen LogP contribution in [0.4, 0.5) is 5.69 Å². The van der Waals surface area contributed by atoms with E-state index in [2.05, 4.69) is 24.1 Å². The van der Waals surface area contributed by atoms with Gasteiger partial charge in [-0.2, -0.15) is 0 Å². The summed E-state index contributed by atoms with van der Waals surface area (Å²) in [5, 5.41) is 2.97. The van der Waals surface area contributed by atoms with Gasteiger partial charge in [0.1, 0.15) is 5.69 Å². The van der Waals surface area contributed by atoms with Gasteiger partial charge in [0.25, 0.3) is 5.91 Å². The van der Waals surface area contributed by atoms with Crippen LogP contribution < -0.4 is 5.32 Å². The van der Waals surface area contributed by atoms with Gasteiger partial charge in [-0.1, -0.05) is 32.0 Å². The van der Waals surface area contributed by atoms with Crippen molar-refractivity contribution in [1.82, 2.24) is 4.98 Å². The van der Waals surface area contributed by atoms with E-state index < -0.39 is 0 Å². The zero-order valence-electron chi connectivity index (χ0n) is 12.6. The van der Waals surface area contributed by atoms with E-state index in [1.54, 1.807) is 12.1 Å². The highest BCUT2D eigenvalue weighted by Gasteiger charge is 2.14. The van der Waals surface area contributed by atoms with Crippen LogP contribution in [0.25, 0.3) is 0 Å². The molecule has 0 fully saturated rings. The average Bonchev–Trinajstić information content (AvgIpc) is 2.97. The molecule has 4 heteroatoms. The summed E-state index contributed by atoms with van der Waals surface area (Å²) in [4.78, 5) is 26.5. The van der Waals surface area contributed by atoms with Crippen molar-refractivity contribution in [2.24, 2.45) is 0 Å². The summed E-state index contributed by atoms with van der Waals surface area (Å²) in [6.45, 7) is 5.59. The molecule has 21 heavy (non-hydrogen) atoms. The van der Waals surface area contributed by atoms with E-state index in [0.717, 1.165) is 29.7 Å². The van der Waals surface area contributed by atoms with E-state index in [1.807, 2.05) is 18.2 Å². The first-order valence-electron chi connectivity index (χ1n) is 7.18. The lowest BCUT2D eigenvalue weighted by molar-refractivity contribution is 0.101. The SMILES string of the molecule is CCc1cccc(CC)c1NC(=O)c1ccc(C(C)=O)[nH]1. The molecule has 2 rings (SSSR count). The van der Waals surface area contributed by atoms with Crippen molar-refractivity contribution in [2.75, 3.05) is 5.32 Å². The van der Waals surface area contributed by atoms with Crippen LogP contribution in [0.15, 0.2) is 30.3 Å². The van der Waals surface area contributed by atoms with Gasteiger partial charge in [-0.05, 0) is 36.1 Å². The van der Waals surface area contributed by atoms with Crippen LogP contribution in [-0.4, -0.2) is 16.7 Å². The lowest BCUT2D eigenvalue weighted by Gasteiger charge is -2.13. The molecule has 0 unspecified atom stereocenters. The molecular weight excluding hydrogens is 264 g/mol. The van der Waals surface area contributed by atoms with E-state index in [0.29, 0.717) is 11.4 Å². The number of benzene rings is 1. The molecule has 0 bridgehead atoms. The number of hydrogen-bond donors (Lipinski definition) is 2. The minimum atomic E-state index is -0.224. The number of aromatic amines is 1. The molecule has 0 aliphatic rings. The standard InChI is InChI=1S/C17H20N2O2/c1-4-12-7-6-8-13(5-2)16(12)19-17(21)15-10-9-14(18-15)11(3)20/h6-10,18H,4-5H2,1-3H3,(H,19,21). The maximum absolute atomic E-state index is 12.3. The number of hydrogen-bond acceptors (Lipinski definition) is 2. The van der Waals surface area contributed by atoms with Crippen molar-refractivity contribution in [3.05, 3.63) is 52.8 Å². The number of para-hydroxylation sites is 1. The number of aryl methyl sites for hydroxylation is 2. The van der Waals surface area contributed by atoms with Crippen LogP contribution in [0.1, 0.15) is 52.9 Å². The highest BCUT2D eigenvalue weighted by atomic mass is 16.2. The summed E-state index contributed by atoms with van der Waals surface area (Å²) in [7, 11) is 0. The number of H-pyrrole nitrogens is 1.